The molecule has 1 N–H and O–H groups in total. The third-order valence-corrected chi connectivity index (χ3v) is 5.07. The second-order valence-corrected chi connectivity index (χ2v) is 7.09. The van der Waals surface area contributed by atoms with Crippen molar-refractivity contribution < 1.29 is 0 Å². The van der Waals surface area contributed by atoms with E-state index in [1.807, 2.05) is 24.3 Å². The van der Waals surface area contributed by atoms with Crippen LogP contribution in [0.2, 0.25) is 10.0 Å². The molecule has 26 heavy (non-hydrogen) atoms. The zero-order chi connectivity index (χ0) is 18.1. The van der Waals surface area contributed by atoms with E-state index < -0.39 is 0 Å². The van der Waals surface area contributed by atoms with Gasteiger partial charge in [-0.1, -0.05) is 29.3 Å². The van der Waals surface area contributed by atoms with E-state index in [0.717, 1.165) is 23.4 Å². The Morgan fingerprint density at radius 3 is 2.88 bits per heavy atom. The first-order valence-corrected chi connectivity index (χ1v) is 9.05. The molecule has 1 aliphatic heterocycles. The number of aromatic nitrogens is 3. The molecule has 0 saturated heterocycles. The molecule has 0 saturated carbocycles. The third-order valence-electron chi connectivity index (χ3n) is 4.46. The molecule has 0 radical (unpaired) electrons. The Bertz CT molecular complexity index is 1000. The molecule has 3 aromatic rings. The van der Waals surface area contributed by atoms with Crippen molar-refractivity contribution in [2.75, 3.05) is 6.54 Å². The normalized spacial score (nSPS) is 14.2. The highest BCUT2D eigenvalue weighted by molar-refractivity contribution is 6.33. The van der Waals surface area contributed by atoms with Gasteiger partial charge >= 0.3 is 0 Å². The molecule has 5 nitrogen and oxygen atoms in total. The van der Waals surface area contributed by atoms with E-state index in [1.165, 1.54) is 0 Å². The van der Waals surface area contributed by atoms with Crippen molar-refractivity contribution >= 4 is 23.2 Å². The summed E-state index contributed by atoms with van der Waals surface area (Å²) in [4.78, 5) is 26.4. The van der Waals surface area contributed by atoms with Gasteiger partial charge in [0, 0.05) is 41.4 Å². The average Bonchev–Trinajstić information content (AvgIpc) is 2.65. The van der Waals surface area contributed by atoms with E-state index in [4.69, 9.17) is 23.2 Å². The van der Waals surface area contributed by atoms with Crippen molar-refractivity contribution in [3.05, 3.63) is 79.8 Å². The predicted octanol–water partition coefficient (Wildman–Crippen LogP) is 3.70. The fourth-order valence-electron chi connectivity index (χ4n) is 3.16. The van der Waals surface area contributed by atoms with Crippen molar-refractivity contribution in [2.24, 2.45) is 0 Å². The van der Waals surface area contributed by atoms with Gasteiger partial charge in [0.2, 0.25) is 0 Å². The number of aromatic amines is 1. The largest absolute Gasteiger partial charge is 0.305 e. The van der Waals surface area contributed by atoms with Crippen LogP contribution in [-0.4, -0.2) is 26.4 Å². The Morgan fingerprint density at radius 2 is 2.08 bits per heavy atom. The molecule has 1 aliphatic rings. The second kappa shape index (κ2) is 7.19. The Hall–Kier alpha value is -2.21. The van der Waals surface area contributed by atoms with E-state index in [9.17, 15) is 4.79 Å². The van der Waals surface area contributed by atoms with Gasteiger partial charge in [0.05, 0.1) is 5.69 Å². The molecule has 0 unspecified atom stereocenters. The highest BCUT2D eigenvalue weighted by atomic mass is 35.5. The van der Waals surface area contributed by atoms with Crippen LogP contribution in [0, 0.1) is 0 Å². The van der Waals surface area contributed by atoms with E-state index in [1.54, 1.807) is 18.3 Å². The lowest BCUT2D eigenvalue weighted by Crippen LogP contribution is -2.35. The molecule has 7 heteroatoms. The smallest absolute Gasteiger partial charge is 0.254 e. The van der Waals surface area contributed by atoms with E-state index in [2.05, 4.69) is 19.9 Å². The van der Waals surface area contributed by atoms with Crippen LogP contribution in [0.1, 0.15) is 16.8 Å². The summed E-state index contributed by atoms with van der Waals surface area (Å²) in [7, 11) is 0. The maximum atomic E-state index is 12.4. The molecule has 0 amide bonds. The summed E-state index contributed by atoms with van der Waals surface area (Å²) in [6.45, 7) is 2.01. The van der Waals surface area contributed by atoms with Crippen LogP contribution < -0.4 is 5.56 Å². The number of hydrogen-bond acceptors (Lipinski definition) is 4. The number of halogens is 2. The van der Waals surface area contributed by atoms with Crippen LogP contribution in [-0.2, 0) is 19.5 Å². The quantitative estimate of drug-likeness (QED) is 0.745. The first-order chi connectivity index (χ1) is 12.6. The number of H-pyrrole nitrogens is 1. The van der Waals surface area contributed by atoms with E-state index in [0.29, 0.717) is 41.1 Å². The number of pyridine rings is 1. The highest BCUT2D eigenvalue weighted by Gasteiger charge is 2.22. The first-order valence-electron chi connectivity index (χ1n) is 8.30. The number of nitrogens with one attached hydrogen (secondary N) is 1. The summed E-state index contributed by atoms with van der Waals surface area (Å²) >= 11 is 12.4. The van der Waals surface area contributed by atoms with Gasteiger partial charge in [-0.25, -0.2) is 4.98 Å². The topological polar surface area (TPSA) is 61.9 Å². The van der Waals surface area contributed by atoms with Crippen molar-refractivity contribution in [2.45, 2.75) is 19.5 Å². The minimum Gasteiger partial charge on any atom is -0.305 e. The number of fused-ring (bicyclic) bond motifs is 1. The Labute approximate surface area is 160 Å². The summed E-state index contributed by atoms with van der Waals surface area (Å²) in [5.74, 6) is 0.497. The van der Waals surface area contributed by atoms with Gasteiger partial charge in [-0.3, -0.25) is 14.7 Å². The molecule has 0 atom stereocenters. The third kappa shape index (κ3) is 3.51. The molecule has 4 rings (SSSR count). The average molecular weight is 387 g/mol. The Balaban J connectivity index is 1.62. The van der Waals surface area contributed by atoms with Gasteiger partial charge in [0.1, 0.15) is 5.69 Å². The zero-order valence-electron chi connectivity index (χ0n) is 13.9. The molecule has 0 aliphatic carbocycles. The Kier molecular flexibility index (Phi) is 4.76. The second-order valence-electron chi connectivity index (χ2n) is 6.25. The lowest BCUT2D eigenvalue weighted by Gasteiger charge is -2.28. The minimum atomic E-state index is -0.0870. The van der Waals surface area contributed by atoms with Gasteiger partial charge in [-0.05, 0) is 42.3 Å². The molecule has 0 spiro atoms. The maximum absolute atomic E-state index is 12.4. The minimum absolute atomic E-state index is 0.0870. The Morgan fingerprint density at radius 1 is 1.19 bits per heavy atom. The fraction of sp³-hybridized carbons (Fsp3) is 0.211. The zero-order valence-corrected chi connectivity index (χ0v) is 15.4. The van der Waals surface area contributed by atoms with Gasteiger partial charge in [-0.15, -0.1) is 0 Å². The molecule has 3 heterocycles. The van der Waals surface area contributed by atoms with Crippen molar-refractivity contribution in [3.8, 4) is 11.5 Å². The number of nitrogens with zero attached hydrogens (tertiary/aromatic N) is 3. The van der Waals surface area contributed by atoms with Crippen LogP contribution in [0.3, 0.4) is 0 Å². The summed E-state index contributed by atoms with van der Waals surface area (Å²) < 4.78 is 0. The predicted molar refractivity (Wildman–Crippen MR) is 102 cm³/mol. The molecular formula is C19H16Cl2N4O. The number of benzene rings is 1. The van der Waals surface area contributed by atoms with Gasteiger partial charge in [0.15, 0.2) is 5.82 Å². The standard InChI is InChI=1S/C19H16Cl2N4O/c20-13-4-5-15(21)12(9-13)10-25-8-6-14-17(11-25)23-18(24-19(14)26)16-3-1-2-7-22-16/h1-5,7,9H,6,8,10-11H2,(H,23,24,26). The lowest BCUT2D eigenvalue weighted by molar-refractivity contribution is 0.240. The van der Waals surface area contributed by atoms with Crippen LogP contribution in [0.15, 0.2) is 47.4 Å². The lowest BCUT2D eigenvalue weighted by atomic mass is 10.1. The van der Waals surface area contributed by atoms with Crippen LogP contribution in [0.4, 0.5) is 0 Å². The fourth-order valence-corrected chi connectivity index (χ4v) is 3.53. The highest BCUT2D eigenvalue weighted by Crippen LogP contribution is 2.24. The molecular weight excluding hydrogens is 371 g/mol. The van der Waals surface area contributed by atoms with Gasteiger partial charge in [-0.2, -0.15) is 0 Å². The molecule has 132 valence electrons. The SMILES string of the molecule is O=c1[nH]c(-c2ccccn2)nc2c1CCN(Cc1cc(Cl)ccc1Cl)C2. The van der Waals surface area contributed by atoms with Crippen molar-refractivity contribution in [1.82, 2.24) is 19.9 Å². The summed E-state index contributed by atoms with van der Waals surface area (Å²) in [6.07, 6.45) is 2.33. The van der Waals surface area contributed by atoms with Gasteiger partial charge < -0.3 is 4.98 Å². The number of rotatable bonds is 3. The number of hydrogen-bond donors (Lipinski definition) is 1. The first kappa shape index (κ1) is 17.2. The summed E-state index contributed by atoms with van der Waals surface area (Å²) in [5.41, 5.74) is 3.08. The maximum Gasteiger partial charge on any atom is 0.254 e. The summed E-state index contributed by atoms with van der Waals surface area (Å²) in [6, 6.07) is 11.0. The molecule has 0 bridgehead atoms. The molecule has 2 aromatic heterocycles. The van der Waals surface area contributed by atoms with Crippen molar-refractivity contribution in [1.29, 1.82) is 0 Å². The summed E-state index contributed by atoms with van der Waals surface area (Å²) in [5, 5.41) is 1.35. The van der Waals surface area contributed by atoms with E-state index >= 15 is 0 Å². The van der Waals surface area contributed by atoms with Crippen molar-refractivity contribution in [3.63, 3.8) is 0 Å². The van der Waals surface area contributed by atoms with Crippen LogP contribution >= 0.6 is 23.2 Å². The van der Waals surface area contributed by atoms with Gasteiger partial charge in [0.25, 0.3) is 5.56 Å². The van der Waals surface area contributed by atoms with Crippen LogP contribution in [0.25, 0.3) is 11.5 Å². The van der Waals surface area contributed by atoms with Crippen LogP contribution in [0.5, 0.6) is 0 Å². The monoisotopic (exact) mass is 386 g/mol. The molecule has 0 fully saturated rings. The molecule has 1 aromatic carbocycles. The van der Waals surface area contributed by atoms with E-state index in [-0.39, 0.29) is 5.56 Å².